The number of aliphatic imine (C=N–C) groups is 1. The van der Waals surface area contributed by atoms with Gasteiger partial charge in [0.15, 0.2) is 5.76 Å². The van der Waals surface area contributed by atoms with Crippen LogP contribution < -0.4 is 15.3 Å². The summed E-state index contributed by atoms with van der Waals surface area (Å²) in [7, 11) is 0. The Morgan fingerprint density at radius 1 is 1.15 bits per heavy atom. The second kappa shape index (κ2) is 8.74. The molecular formula is C23H21N7O4. The first-order valence-electron chi connectivity index (χ1n) is 10.8. The predicted molar refractivity (Wildman–Crippen MR) is 122 cm³/mol. The molecule has 0 bridgehead atoms. The Bertz CT molecular complexity index is 1270. The van der Waals surface area contributed by atoms with Gasteiger partial charge in [0.05, 0.1) is 12.0 Å². The summed E-state index contributed by atoms with van der Waals surface area (Å²) in [5, 5.41) is 10.8. The van der Waals surface area contributed by atoms with Crippen LogP contribution in [-0.2, 0) is 9.59 Å². The Hall–Kier alpha value is -4.59. The van der Waals surface area contributed by atoms with E-state index in [1.807, 2.05) is 23.1 Å². The van der Waals surface area contributed by atoms with Crippen LogP contribution in [0.15, 0.2) is 62.6 Å². The first-order chi connectivity index (χ1) is 16.5. The molecule has 0 saturated carbocycles. The van der Waals surface area contributed by atoms with Gasteiger partial charge in [-0.25, -0.2) is 10.0 Å². The average Bonchev–Trinajstić information content (AvgIpc) is 3.56. The number of carbonyl (C=O) groups excluding carboxylic acids is 2. The number of amides is 2. The monoisotopic (exact) mass is 459 g/mol. The van der Waals surface area contributed by atoms with Crippen LogP contribution in [0.2, 0.25) is 0 Å². The Morgan fingerprint density at radius 3 is 2.59 bits per heavy atom. The van der Waals surface area contributed by atoms with Crippen molar-refractivity contribution >= 4 is 29.2 Å². The van der Waals surface area contributed by atoms with Gasteiger partial charge >= 0.3 is 0 Å². The molecule has 1 N–H and O–H groups in total. The van der Waals surface area contributed by atoms with Crippen LogP contribution in [0.25, 0.3) is 11.7 Å². The summed E-state index contributed by atoms with van der Waals surface area (Å²) < 4.78 is 11.1. The predicted octanol–water partition coefficient (Wildman–Crippen LogP) is 1.79. The van der Waals surface area contributed by atoms with Crippen molar-refractivity contribution in [3.8, 4) is 17.7 Å². The number of piperazine rings is 1. The molecular weight excluding hydrogens is 438 g/mol. The van der Waals surface area contributed by atoms with Gasteiger partial charge in [0.25, 0.3) is 17.7 Å². The van der Waals surface area contributed by atoms with Crippen molar-refractivity contribution in [1.29, 1.82) is 5.26 Å². The van der Waals surface area contributed by atoms with Crippen molar-refractivity contribution in [2.75, 3.05) is 36.1 Å². The second-order valence-electron chi connectivity index (χ2n) is 7.82. The normalized spacial score (nSPS) is 18.4. The van der Waals surface area contributed by atoms with E-state index >= 15 is 0 Å². The topological polar surface area (TPSA) is 131 Å². The van der Waals surface area contributed by atoms with E-state index < -0.39 is 6.04 Å². The molecule has 5 rings (SSSR count). The summed E-state index contributed by atoms with van der Waals surface area (Å²) in [6.45, 7) is 3.31. The Labute approximate surface area is 194 Å². The number of benzene rings is 1. The lowest BCUT2D eigenvalue weighted by Crippen LogP contribution is -2.60. The molecule has 3 aromatic rings. The minimum atomic E-state index is -0.686. The molecule has 34 heavy (non-hydrogen) atoms. The number of nitrogens with zero attached hydrogens (tertiary/aromatic N) is 6. The minimum Gasteiger partial charge on any atom is -0.459 e. The third kappa shape index (κ3) is 3.86. The van der Waals surface area contributed by atoms with E-state index in [1.165, 1.54) is 11.3 Å². The van der Waals surface area contributed by atoms with Crippen LogP contribution in [0.1, 0.15) is 12.6 Å². The van der Waals surface area contributed by atoms with E-state index in [0.717, 1.165) is 0 Å². The molecule has 2 aliphatic rings. The maximum absolute atomic E-state index is 13.2. The number of hydrazine groups is 1. The van der Waals surface area contributed by atoms with Gasteiger partial charge in [-0.15, -0.1) is 0 Å². The summed E-state index contributed by atoms with van der Waals surface area (Å²) in [6.07, 6.45) is 1.50. The number of hydrogen-bond acceptors (Lipinski definition) is 9. The van der Waals surface area contributed by atoms with E-state index in [9.17, 15) is 14.9 Å². The van der Waals surface area contributed by atoms with Gasteiger partial charge in [-0.1, -0.05) is 18.2 Å². The highest BCUT2D eigenvalue weighted by Crippen LogP contribution is 2.29. The molecule has 172 valence electrons. The van der Waals surface area contributed by atoms with Gasteiger partial charge in [0, 0.05) is 26.2 Å². The molecule has 2 amide bonds. The summed E-state index contributed by atoms with van der Waals surface area (Å²) in [5.41, 5.74) is 3.67. The number of furan rings is 1. The fourth-order valence-electron chi connectivity index (χ4n) is 3.86. The number of amidine groups is 1. The molecule has 2 aromatic heterocycles. The zero-order valence-electron chi connectivity index (χ0n) is 18.3. The van der Waals surface area contributed by atoms with Gasteiger partial charge in [0.1, 0.15) is 12.1 Å². The van der Waals surface area contributed by atoms with Crippen LogP contribution in [0, 0.1) is 11.3 Å². The van der Waals surface area contributed by atoms with E-state index in [0.29, 0.717) is 43.5 Å². The number of nitriles is 1. The van der Waals surface area contributed by atoms with Crippen LogP contribution in [0.4, 0.5) is 11.6 Å². The van der Waals surface area contributed by atoms with Crippen LogP contribution in [0.3, 0.4) is 0 Å². The standard InChI is InChI=1S/C23H21N7O4/c1-15-21(31)30(16-6-3-2-4-7-16)27-19(25-15)22(32)28-9-11-29(12-10-28)23-17(14-24)26-20(34-23)18-8-5-13-33-18/h2-8,13,15H,9-12H2,1H3,(H,25,27). The molecule has 1 fully saturated rings. The molecule has 1 aromatic carbocycles. The summed E-state index contributed by atoms with van der Waals surface area (Å²) >= 11 is 0. The lowest BCUT2D eigenvalue weighted by atomic mass is 10.2. The molecule has 1 unspecified atom stereocenters. The van der Waals surface area contributed by atoms with Crippen molar-refractivity contribution in [1.82, 2.24) is 15.3 Å². The Morgan fingerprint density at radius 2 is 1.91 bits per heavy atom. The zero-order valence-corrected chi connectivity index (χ0v) is 18.3. The number of para-hydroxylation sites is 1. The fraction of sp³-hybridized carbons (Fsp3) is 0.261. The van der Waals surface area contributed by atoms with Gasteiger partial charge in [0.2, 0.25) is 17.4 Å². The molecule has 4 heterocycles. The first-order valence-corrected chi connectivity index (χ1v) is 10.8. The fourth-order valence-corrected chi connectivity index (χ4v) is 3.86. The van der Waals surface area contributed by atoms with Crippen LogP contribution in [0.5, 0.6) is 0 Å². The maximum atomic E-state index is 13.2. The SMILES string of the molecule is CC1N=C(C(=O)N2CCN(c3oc(-c4ccco4)nc3C#N)CC2)NN(c2ccccc2)C1=O. The summed E-state index contributed by atoms with van der Waals surface area (Å²) in [5.74, 6) is 0.592. The van der Waals surface area contributed by atoms with Crippen LogP contribution in [-0.4, -0.2) is 59.8 Å². The zero-order chi connectivity index (χ0) is 23.7. The van der Waals surface area contributed by atoms with Crippen molar-refractivity contribution < 1.29 is 18.4 Å². The molecule has 0 radical (unpaired) electrons. The third-order valence-corrected chi connectivity index (χ3v) is 5.64. The smallest absolute Gasteiger partial charge is 0.290 e. The highest BCUT2D eigenvalue weighted by atomic mass is 16.4. The van der Waals surface area contributed by atoms with Crippen molar-refractivity contribution in [3.05, 3.63) is 54.4 Å². The number of carbonyl (C=O) groups is 2. The molecule has 1 atom stereocenters. The maximum Gasteiger partial charge on any atom is 0.290 e. The van der Waals surface area contributed by atoms with E-state index in [-0.39, 0.29) is 29.2 Å². The Balaban J connectivity index is 1.28. The number of oxazole rings is 1. The number of aromatic nitrogens is 1. The quantitative estimate of drug-likeness (QED) is 0.625. The third-order valence-electron chi connectivity index (χ3n) is 5.64. The largest absolute Gasteiger partial charge is 0.459 e. The van der Waals surface area contributed by atoms with Gasteiger partial charge in [-0.3, -0.25) is 15.0 Å². The average molecular weight is 459 g/mol. The lowest BCUT2D eigenvalue weighted by molar-refractivity contribution is -0.125. The summed E-state index contributed by atoms with van der Waals surface area (Å²) in [4.78, 5) is 37.8. The summed E-state index contributed by atoms with van der Waals surface area (Å²) in [6, 6.07) is 13.8. The molecule has 0 aliphatic carbocycles. The lowest BCUT2D eigenvalue weighted by Gasteiger charge is -2.36. The second-order valence-corrected chi connectivity index (χ2v) is 7.82. The van der Waals surface area contributed by atoms with E-state index in [1.54, 1.807) is 36.1 Å². The highest BCUT2D eigenvalue weighted by molar-refractivity contribution is 6.39. The van der Waals surface area contributed by atoms with Crippen molar-refractivity contribution in [2.45, 2.75) is 13.0 Å². The Kier molecular flexibility index (Phi) is 5.47. The molecule has 1 saturated heterocycles. The molecule has 0 spiro atoms. The number of rotatable bonds is 4. The van der Waals surface area contributed by atoms with Crippen molar-refractivity contribution in [3.63, 3.8) is 0 Å². The molecule has 11 nitrogen and oxygen atoms in total. The van der Waals surface area contributed by atoms with Gasteiger partial charge in [-0.05, 0) is 31.2 Å². The first kappa shape index (κ1) is 21.3. The number of nitrogens with one attached hydrogen (secondary N) is 1. The van der Waals surface area contributed by atoms with E-state index in [4.69, 9.17) is 8.83 Å². The van der Waals surface area contributed by atoms with Gasteiger partial charge < -0.3 is 18.6 Å². The number of hydrogen-bond donors (Lipinski definition) is 1. The highest BCUT2D eigenvalue weighted by Gasteiger charge is 2.34. The van der Waals surface area contributed by atoms with Crippen molar-refractivity contribution in [2.24, 2.45) is 4.99 Å². The molecule has 2 aliphatic heterocycles. The molecule has 11 heteroatoms. The minimum absolute atomic E-state index is 0.113. The van der Waals surface area contributed by atoms with Gasteiger partial charge in [-0.2, -0.15) is 10.2 Å². The van der Waals surface area contributed by atoms with E-state index in [2.05, 4.69) is 21.5 Å². The van der Waals surface area contributed by atoms with Crippen LogP contribution >= 0.6 is 0 Å². The number of anilines is 2.